The van der Waals surface area contributed by atoms with Crippen LogP contribution in [-0.4, -0.2) is 12.6 Å². The lowest BCUT2D eigenvalue weighted by Gasteiger charge is -2.01. The number of hydrogen-bond donors (Lipinski definition) is 0. The lowest BCUT2D eigenvalue weighted by Crippen LogP contribution is -2.02. The Bertz CT molecular complexity index is 221. The zero-order valence-electron chi connectivity index (χ0n) is 13.0. The average Bonchev–Trinajstić information content (AvgIpc) is 2.41. The maximum absolute atomic E-state index is 11.3. The summed E-state index contributed by atoms with van der Waals surface area (Å²) in [5.41, 5.74) is 0. The molecule has 0 bridgehead atoms. The lowest BCUT2D eigenvalue weighted by atomic mass is 10.1. The van der Waals surface area contributed by atoms with Crippen LogP contribution in [-0.2, 0) is 9.53 Å². The molecular formula is C17H32O2. The van der Waals surface area contributed by atoms with Crippen LogP contribution >= 0.6 is 0 Å². The number of unbranched alkanes of at least 4 members (excludes halogenated alkanes) is 9. The molecule has 112 valence electrons. The van der Waals surface area contributed by atoms with Crippen LogP contribution in [0.5, 0.6) is 0 Å². The second-order valence-electron chi connectivity index (χ2n) is 5.19. The summed E-state index contributed by atoms with van der Waals surface area (Å²) in [6.07, 6.45) is 16.9. The van der Waals surface area contributed by atoms with Gasteiger partial charge in [0.2, 0.25) is 0 Å². The van der Waals surface area contributed by atoms with Crippen molar-refractivity contribution in [3.63, 3.8) is 0 Å². The summed E-state index contributed by atoms with van der Waals surface area (Å²) in [6, 6.07) is 0. The first kappa shape index (κ1) is 18.2. The molecule has 2 heteroatoms. The van der Waals surface area contributed by atoms with E-state index in [4.69, 9.17) is 4.74 Å². The van der Waals surface area contributed by atoms with Gasteiger partial charge >= 0.3 is 5.97 Å². The molecule has 0 aliphatic carbocycles. The normalized spacial score (nSPS) is 11.1. The molecule has 0 amide bonds. The van der Waals surface area contributed by atoms with Gasteiger partial charge in [-0.3, -0.25) is 0 Å². The van der Waals surface area contributed by atoms with Gasteiger partial charge in [0.25, 0.3) is 0 Å². The smallest absolute Gasteiger partial charge is 0.330 e. The highest BCUT2D eigenvalue weighted by atomic mass is 16.5. The van der Waals surface area contributed by atoms with Crippen LogP contribution in [0.3, 0.4) is 0 Å². The number of rotatable bonds is 13. The van der Waals surface area contributed by atoms with Crippen molar-refractivity contribution in [2.75, 3.05) is 6.61 Å². The van der Waals surface area contributed by atoms with E-state index in [2.05, 4.69) is 13.8 Å². The third kappa shape index (κ3) is 15.2. The van der Waals surface area contributed by atoms with E-state index in [1.54, 1.807) is 6.08 Å². The first-order chi connectivity index (χ1) is 9.31. The number of hydrogen-bond acceptors (Lipinski definition) is 2. The fourth-order valence-electron chi connectivity index (χ4n) is 1.97. The van der Waals surface area contributed by atoms with E-state index in [9.17, 15) is 4.79 Å². The Morgan fingerprint density at radius 1 is 0.842 bits per heavy atom. The molecule has 0 heterocycles. The molecule has 0 aliphatic rings. The van der Waals surface area contributed by atoms with E-state index in [0.717, 1.165) is 19.3 Å². The summed E-state index contributed by atoms with van der Waals surface area (Å²) in [4.78, 5) is 11.3. The van der Waals surface area contributed by atoms with E-state index in [-0.39, 0.29) is 5.97 Å². The zero-order valence-corrected chi connectivity index (χ0v) is 13.0. The minimum atomic E-state index is -0.178. The molecule has 0 spiro atoms. The van der Waals surface area contributed by atoms with Crippen molar-refractivity contribution in [3.05, 3.63) is 12.2 Å². The van der Waals surface area contributed by atoms with Gasteiger partial charge in [0.05, 0.1) is 6.61 Å². The molecule has 2 nitrogen and oxygen atoms in total. The molecule has 0 saturated heterocycles. The van der Waals surface area contributed by atoms with Gasteiger partial charge in [0.1, 0.15) is 0 Å². The third-order valence-electron chi connectivity index (χ3n) is 3.22. The SMILES string of the molecule is CCCCCCCCC=CC(=O)OCCCCCC. The maximum atomic E-state index is 11.3. The second-order valence-corrected chi connectivity index (χ2v) is 5.19. The van der Waals surface area contributed by atoms with Gasteiger partial charge in [-0.15, -0.1) is 0 Å². The number of carbonyl (C=O) groups excluding carboxylic acids is 1. The van der Waals surface area contributed by atoms with Crippen molar-refractivity contribution in [1.29, 1.82) is 0 Å². The van der Waals surface area contributed by atoms with E-state index in [0.29, 0.717) is 6.61 Å². The minimum absolute atomic E-state index is 0.178. The molecule has 0 atom stereocenters. The maximum Gasteiger partial charge on any atom is 0.330 e. The third-order valence-corrected chi connectivity index (χ3v) is 3.22. The summed E-state index contributed by atoms with van der Waals surface area (Å²) in [6.45, 7) is 4.98. The predicted molar refractivity (Wildman–Crippen MR) is 82.2 cm³/mol. The van der Waals surface area contributed by atoms with Crippen molar-refractivity contribution in [2.45, 2.75) is 84.5 Å². The molecule has 0 saturated carbocycles. The van der Waals surface area contributed by atoms with Gasteiger partial charge in [-0.2, -0.15) is 0 Å². The summed E-state index contributed by atoms with van der Waals surface area (Å²) in [5.74, 6) is -0.178. The molecule has 19 heavy (non-hydrogen) atoms. The number of esters is 1. The first-order valence-electron chi connectivity index (χ1n) is 8.14. The van der Waals surface area contributed by atoms with Crippen LogP contribution < -0.4 is 0 Å². The number of ether oxygens (including phenoxy) is 1. The van der Waals surface area contributed by atoms with E-state index >= 15 is 0 Å². The molecule has 0 aromatic heterocycles. The Morgan fingerprint density at radius 3 is 2.11 bits per heavy atom. The van der Waals surface area contributed by atoms with Gasteiger partial charge in [0.15, 0.2) is 0 Å². The van der Waals surface area contributed by atoms with Gasteiger partial charge in [-0.05, 0) is 19.3 Å². The summed E-state index contributed by atoms with van der Waals surface area (Å²) < 4.78 is 5.12. The highest BCUT2D eigenvalue weighted by Crippen LogP contribution is 2.07. The van der Waals surface area contributed by atoms with E-state index in [1.807, 2.05) is 6.08 Å². The van der Waals surface area contributed by atoms with Crippen LogP contribution in [0.1, 0.15) is 84.5 Å². The zero-order chi connectivity index (χ0) is 14.2. The van der Waals surface area contributed by atoms with Crippen LogP contribution in [0.25, 0.3) is 0 Å². The molecule has 0 aliphatic heterocycles. The monoisotopic (exact) mass is 268 g/mol. The van der Waals surface area contributed by atoms with Gasteiger partial charge in [-0.1, -0.05) is 71.3 Å². The highest BCUT2D eigenvalue weighted by molar-refractivity contribution is 5.81. The largest absolute Gasteiger partial charge is 0.463 e. The standard InChI is InChI=1S/C17H32O2/c1-3-5-7-9-10-11-12-13-15-17(18)19-16-14-8-6-4-2/h13,15H,3-12,14,16H2,1-2H3. The Hall–Kier alpha value is -0.790. The van der Waals surface area contributed by atoms with Crippen molar-refractivity contribution in [1.82, 2.24) is 0 Å². The van der Waals surface area contributed by atoms with Crippen LogP contribution in [0.15, 0.2) is 12.2 Å². The fraction of sp³-hybridized carbons (Fsp3) is 0.824. The highest BCUT2D eigenvalue weighted by Gasteiger charge is 1.96. The Kier molecular flexibility index (Phi) is 14.6. The molecule has 0 radical (unpaired) electrons. The Balaban J connectivity index is 3.27. The average molecular weight is 268 g/mol. The molecule has 0 unspecified atom stereocenters. The molecule has 0 fully saturated rings. The molecular weight excluding hydrogens is 236 g/mol. The van der Waals surface area contributed by atoms with Crippen molar-refractivity contribution in [3.8, 4) is 0 Å². The number of allylic oxidation sites excluding steroid dienone is 1. The van der Waals surface area contributed by atoms with Gasteiger partial charge < -0.3 is 4.74 Å². The van der Waals surface area contributed by atoms with Crippen LogP contribution in [0.2, 0.25) is 0 Å². The van der Waals surface area contributed by atoms with Crippen molar-refractivity contribution < 1.29 is 9.53 Å². The second kappa shape index (κ2) is 15.3. The van der Waals surface area contributed by atoms with Crippen molar-refractivity contribution in [2.24, 2.45) is 0 Å². The predicted octanol–water partition coefficient (Wildman–Crippen LogP) is 5.42. The van der Waals surface area contributed by atoms with E-state index < -0.39 is 0 Å². The fourth-order valence-corrected chi connectivity index (χ4v) is 1.97. The number of carbonyl (C=O) groups is 1. The summed E-state index contributed by atoms with van der Waals surface area (Å²) in [7, 11) is 0. The molecule has 0 aromatic rings. The van der Waals surface area contributed by atoms with E-state index in [1.165, 1.54) is 51.4 Å². The molecule has 0 aromatic carbocycles. The summed E-state index contributed by atoms with van der Waals surface area (Å²) >= 11 is 0. The first-order valence-corrected chi connectivity index (χ1v) is 8.14. The minimum Gasteiger partial charge on any atom is -0.463 e. The summed E-state index contributed by atoms with van der Waals surface area (Å²) in [5, 5.41) is 0. The molecule has 0 N–H and O–H groups in total. The molecule has 0 rings (SSSR count). The topological polar surface area (TPSA) is 26.3 Å². The Morgan fingerprint density at radius 2 is 1.42 bits per heavy atom. The van der Waals surface area contributed by atoms with Crippen molar-refractivity contribution >= 4 is 5.97 Å². The van der Waals surface area contributed by atoms with Crippen LogP contribution in [0, 0.1) is 0 Å². The van der Waals surface area contributed by atoms with Crippen LogP contribution in [0.4, 0.5) is 0 Å². The quantitative estimate of drug-likeness (QED) is 0.253. The Labute approximate surface area is 119 Å². The van der Waals surface area contributed by atoms with Gasteiger partial charge in [0, 0.05) is 6.08 Å². The lowest BCUT2D eigenvalue weighted by molar-refractivity contribution is -0.137. The van der Waals surface area contributed by atoms with Gasteiger partial charge in [-0.25, -0.2) is 4.79 Å².